The summed E-state index contributed by atoms with van der Waals surface area (Å²) in [5.74, 6) is 3.25. The number of nitrogens with one attached hydrogen (secondary N) is 3. The number of benzene rings is 4. The molecule has 0 aliphatic heterocycles. The second-order valence-corrected chi connectivity index (χ2v) is 12.6. The number of methoxy groups -OCH3 is 2. The highest BCUT2D eigenvalue weighted by molar-refractivity contribution is 6.06. The molecule has 1 aromatic heterocycles. The van der Waals surface area contributed by atoms with Gasteiger partial charge in [0.15, 0.2) is 0 Å². The van der Waals surface area contributed by atoms with Crippen molar-refractivity contribution in [2.24, 2.45) is 0 Å². The lowest BCUT2D eigenvalue weighted by molar-refractivity contribution is -0.114. The largest absolute Gasteiger partial charge is 0.497 e. The number of nitrogens with zero attached hydrogens (tertiary/aromatic N) is 3. The Kier molecular flexibility index (Phi) is 16.0. The molecular formula is C43H48N6O8. The highest BCUT2D eigenvalue weighted by Gasteiger charge is 2.40. The number of anilines is 3. The first-order valence-corrected chi connectivity index (χ1v) is 18.4. The van der Waals surface area contributed by atoms with Gasteiger partial charge in [-0.15, -0.1) is 11.5 Å². The van der Waals surface area contributed by atoms with Crippen LogP contribution in [0.4, 0.5) is 17.1 Å². The van der Waals surface area contributed by atoms with Crippen molar-refractivity contribution < 1.29 is 38.0 Å². The van der Waals surface area contributed by atoms with Crippen molar-refractivity contribution in [3.8, 4) is 23.8 Å². The van der Waals surface area contributed by atoms with Gasteiger partial charge >= 0.3 is 0 Å². The monoisotopic (exact) mass is 776 g/mol. The zero-order valence-electron chi connectivity index (χ0n) is 32.4. The fourth-order valence-corrected chi connectivity index (χ4v) is 5.89. The van der Waals surface area contributed by atoms with E-state index in [1.807, 2.05) is 79.0 Å². The molecule has 14 nitrogen and oxygen atoms in total. The Morgan fingerprint density at radius 2 is 1.25 bits per heavy atom. The molecule has 0 saturated heterocycles. The highest BCUT2D eigenvalue weighted by atomic mass is 16.6. The fraction of sp³-hybridized carbons (Fsp3) is 0.302. The minimum absolute atomic E-state index is 0.197. The first kappa shape index (κ1) is 41.9. The van der Waals surface area contributed by atoms with Crippen LogP contribution in [0.15, 0.2) is 103 Å². The second kappa shape index (κ2) is 21.7. The lowest BCUT2D eigenvalue weighted by atomic mass is 9.79. The van der Waals surface area contributed by atoms with Crippen LogP contribution in [0.2, 0.25) is 0 Å². The summed E-state index contributed by atoms with van der Waals surface area (Å²) in [5.41, 5.74) is 3.26. The standard InChI is InChI=1S/C43H48N6O8/c1-5-23-54-25-27-56-29-30-57-28-26-55-24-22-49-31-41(47-48-49)43(34-12-18-37(52-3)19-13-34,35-14-20-38(53-4)21-15-35)46-40-9-7-6-8-39(40)45-42(51)33-10-16-36(17-11-33)44-32(2)50/h1,6-21,31,46H,22-30H2,2-4H3,(H,44,50)(H,45,51). The predicted octanol–water partition coefficient (Wildman–Crippen LogP) is 5.61. The summed E-state index contributed by atoms with van der Waals surface area (Å²) in [6.45, 7) is 5.12. The van der Waals surface area contributed by atoms with E-state index in [9.17, 15) is 9.59 Å². The number of amides is 2. The van der Waals surface area contributed by atoms with Crippen molar-refractivity contribution >= 4 is 28.9 Å². The lowest BCUT2D eigenvalue weighted by Crippen LogP contribution is -2.39. The topological polar surface area (TPSA) is 156 Å². The van der Waals surface area contributed by atoms with Gasteiger partial charge in [0.1, 0.15) is 29.3 Å². The maximum atomic E-state index is 13.6. The number of rotatable bonds is 23. The molecule has 0 spiro atoms. The van der Waals surface area contributed by atoms with E-state index in [2.05, 4.69) is 27.1 Å². The molecule has 0 fully saturated rings. The van der Waals surface area contributed by atoms with Gasteiger partial charge in [0.25, 0.3) is 5.91 Å². The number of ether oxygens (including phenoxy) is 6. The van der Waals surface area contributed by atoms with Crippen molar-refractivity contribution in [3.05, 3.63) is 126 Å². The molecule has 0 unspecified atom stereocenters. The van der Waals surface area contributed by atoms with Crippen molar-refractivity contribution in [3.63, 3.8) is 0 Å². The molecular weight excluding hydrogens is 729 g/mol. The number of terminal acetylenes is 1. The third-order valence-electron chi connectivity index (χ3n) is 8.70. The van der Waals surface area contributed by atoms with Gasteiger partial charge in [-0.1, -0.05) is 47.5 Å². The smallest absolute Gasteiger partial charge is 0.255 e. The Labute approximate surface area is 332 Å². The van der Waals surface area contributed by atoms with E-state index < -0.39 is 5.54 Å². The average Bonchev–Trinajstić information content (AvgIpc) is 3.71. The molecule has 5 aromatic rings. The fourth-order valence-electron chi connectivity index (χ4n) is 5.89. The van der Waals surface area contributed by atoms with E-state index in [0.717, 1.165) is 11.1 Å². The van der Waals surface area contributed by atoms with E-state index in [4.69, 9.17) is 39.9 Å². The van der Waals surface area contributed by atoms with Crippen LogP contribution in [0, 0.1) is 12.3 Å². The molecule has 57 heavy (non-hydrogen) atoms. The summed E-state index contributed by atoms with van der Waals surface area (Å²) < 4.78 is 34.8. The summed E-state index contributed by atoms with van der Waals surface area (Å²) in [7, 11) is 3.23. The summed E-state index contributed by atoms with van der Waals surface area (Å²) in [6.07, 6.45) is 7.03. The van der Waals surface area contributed by atoms with E-state index in [1.54, 1.807) is 43.2 Å². The van der Waals surface area contributed by atoms with Crippen molar-refractivity contribution in [2.75, 3.05) is 83.0 Å². The minimum atomic E-state index is -1.14. The van der Waals surface area contributed by atoms with Crippen LogP contribution in [0.3, 0.4) is 0 Å². The van der Waals surface area contributed by atoms with Crippen molar-refractivity contribution in [2.45, 2.75) is 19.0 Å². The molecule has 3 N–H and O–H groups in total. The molecule has 0 bridgehead atoms. The van der Waals surface area contributed by atoms with Crippen LogP contribution in [0.1, 0.15) is 34.1 Å². The average molecular weight is 777 g/mol. The number of hydrogen-bond donors (Lipinski definition) is 3. The normalized spacial score (nSPS) is 11.1. The minimum Gasteiger partial charge on any atom is -0.497 e. The zero-order valence-corrected chi connectivity index (χ0v) is 32.4. The summed E-state index contributed by atoms with van der Waals surface area (Å²) in [5, 5.41) is 18.8. The zero-order chi connectivity index (χ0) is 40.3. The highest BCUT2D eigenvalue weighted by Crippen LogP contribution is 2.42. The SMILES string of the molecule is C#CCOCCOCCOCCOCCn1cc(C(Nc2ccccc2NC(=O)c2ccc(NC(C)=O)cc2)(c2ccc(OC)cc2)c2ccc(OC)cc2)nn1. The first-order chi connectivity index (χ1) is 27.9. The number of carbonyl (C=O) groups excluding carboxylic acids is 2. The van der Waals surface area contributed by atoms with Crippen LogP contribution in [0.25, 0.3) is 0 Å². The van der Waals surface area contributed by atoms with Gasteiger partial charge in [0, 0.05) is 18.2 Å². The van der Waals surface area contributed by atoms with Crippen LogP contribution in [-0.2, 0) is 35.8 Å². The molecule has 5 rings (SSSR count). The van der Waals surface area contributed by atoms with Crippen LogP contribution in [0.5, 0.6) is 11.5 Å². The van der Waals surface area contributed by atoms with Crippen LogP contribution in [-0.4, -0.2) is 93.9 Å². The molecule has 2 amide bonds. The summed E-state index contributed by atoms with van der Waals surface area (Å²) >= 11 is 0. The Hall–Kier alpha value is -6.24. The summed E-state index contributed by atoms with van der Waals surface area (Å²) in [6, 6.07) is 29.5. The molecule has 0 saturated carbocycles. The first-order valence-electron chi connectivity index (χ1n) is 18.4. The third kappa shape index (κ3) is 11.9. The van der Waals surface area contributed by atoms with Gasteiger partial charge in [-0.3, -0.25) is 9.59 Å². The van der Waals surface area contributed by atoms with Gasteiger partial charge in [0.05, 0.1) is 84.6 Å². The number of carbonyl (C=O) groups is 2. The second-order valence-electron chi connectivity index (χ2n) is 12.6. The lowest BCUT2D eigenvalue weighted by Gasteiger charge is -2.36. The number of para-hydroxylation sites is 2. The Bertz CT molecular complexity index is 2000. The molecule has 0 aliphatic rings. The number of aromatic nitrogens is 3. The van der Waals surface area contributed by atoms with Gasteiger partial charge < -0.3 is 44.4 Å². The molecule has 298 valence electrons. The van der Waals surface area contributed by atoms with Crippen molar-refractivity contribution in [1.82, 2.24) is 15.0 Å². The van der Waals surface area contributed by atoms with Crippen LogP contribution < -0.4 is 25.4 Å². The maximum absolute atomic E-state index is 13.6. The van der Waals surface area contributed by atoms with E-state index >= 15 is 0 Å². The Morgan fingerprint density at radius 3 is 1.79 bits per heavy atom. The number of hydrogen-bond acceptors (Lipinski definition) is 11. The van der Waals surface area contributed by atoms with Gasteiger partial charge in [-0.05, 0) is 71.8 Å². The van der Waals surface area contributed by atoms with Crippen molar-refractivity contribution in [1.29, 1.82) is 0 Å². The molecule has 0 radical (unpaired) electrons. The Morgan fingerprint density at radius 1 is 0.702 bits per heavy atom. The van der Waals surface area contributed by atoms with E-state index in [1.165, 1.54) is 6.92 Å². The third-order valence-corrected chi connectivity index (χ3v) is 8.70. The molecule has 1 heterocycles. The van der Waals surface area contributed by atoms with Gasteiger partial charge in [-0.2, -0.15) is 0 Å². The molecule has 14 heteroatoms. The van der Waals surface area contributed by atoms with E-state index in [0.29, 0.717) is 92.6 Å². The van der Waals surface area contributed by atoms with Crippen LogP contribution >= 0.6 is 0 Å². The molecule has 4 aromatic carbocycles. The molecule has 0 atom stereocenters. The van der Waals surface area contributed by atoms with E-state index in [-0.39, 0.29) is 18.4 Å². The quantitative estimate of drug-likeness (QED) is 0.0560. The predicted molar refractivity (Wildman–Crippen MR) is 217 cm³/mol. The summed E-state index contributed by atoms with van der Waals surface area (Å²) in [4.78, 5) is 25.1. The van der Waals surface area contributed by atoms with Gasteiger partial charge in [0.2, 0.25) is 5.91 Å². The molecule has 0 aliphatic carbocycles. The maximum Gasteiger partial charge on any atom is 0.255 e. The Balaban J connectivity index is 1.37. The van der Waals surface area contributed by atoms with Gasteiger partial charge in [-0.25, -0.2) is 4.68 Å².